The molecule has 2 N–H and O–H groups in total. The first-order valence-electron chi connectivity index (χ1n) is 6.27. The molecule has 0 radical (unpaired) electrons. The van der Waals surface area contributed by atoms with E-state index in [0.717, 1.165) is 32.5 Å². The Morgan fingerprint density at radius 1 is 1.61 bits per heavy atom. The van der Waals surface area contributed by atoms with Crippen LogP contribution in [0.2, 0.25) is 0 Å². The maximum absolute atomic E-state index is 12.1. The van der Waals surface area contributed by atoms with Gasteiger partial charge >= 0.3 is 0 Å². The zero-order chi connectivity index (χ0) is 13.2. The summed E-state index contributed by atoms with van der Waals surface area (Å²) in [4.78, 5) is 8.94. The van der Waals surface area contributed by atoms with Crippen LogP contribution in [-0.4, -0.2) is 49.0 Å². The van der Waals surface area contributed by atoms with Crippen molar-refractivity contribution in [2.75, 3.05) is 19.6 Å². The maximum atomic E-state index is 12.1. The van der Waals surface area contributed by atoms with Gasteiger partial charge in [-0.3, -0.25) is 0 Å². The van der Waals surface area contributed by atoms with Crippen molar-refractivity contribution in [2.24, 2.45) is 0 Å². The second-order valence-corrected chi connectivity index (χ2v) is 6.37. The van der Waals surface area contributed by atoms with Gasteiger partial charge in [0.2, 0.25) is 0 Å². The van der Waals surface area contributed by atoms with Crippen LogP contribution in [0, 0.1) is 6.92 Å². The Bertz CT molecular complexity index is 497. The Morgan fingerprint density at radius 2 is 2.39 bits per heavy atom. The molecule has 7 heteroatoms. The molecule has 0 amide bonds. The molecule has 1 aromatic heterocycles. The fourth-order valence-electron chi connectivity index (χ4n) is 2.26. The topological polar surface area (TPSA) is 78.1 Å². The first-order chi connectivity index (χ1) is 8.51. The SMILES string of the molecule is CCN1CCCC(NS(=O)(=O)c2cnc(C)[nH]2)C1. The van der Waals surface area contributed by atoms with Crippen molar-refractivity contribution in [1.82, 2.24) is 19.6 Å². The molecule has 0 saturated carbocycles. The van der Waals surface area contributed by atoms with Crippen LogP contribution in [0.4, 0.5) is 0 Å². The third kappa shape index (κ3) is 3.09. The van der Waals surface area contributed by atoms with Crippen LogP contribution in [0.25, 0.3) is 0 Å². The Labute approximate surface area is 108 Å². The van der Waals surface area contributed by atoms with Crippen molar-refractivity contribution in [2.45, 2.75) is 37.8 Å². The van der Waals surface area contributed by atoms with E-state index in [-0.39, 0.29) is 11.1 Å². The molecule has 18 heavy (non-hydrogen) atoms. The van der Waals surface area contributed by atoms with E-state index in [0.29, 0.717) is 5.82 Å². The molecule has 1 fully saturated rings. The number of nitrogens with one attached hydrogen (secondary N) is 2. The number of likely N-dealkylation sites (tertiary alicyclic amines) is 1. The average molecular weight is 272 g/mol. The summed E-state index contributed by atoms with van der Waals surface area (Å²) in [6.07, 6.45) is 3.28. The zero-order valence-corrected chi connectivity index (χ0v) is 11.6. The van der Waals surface area contributed by atoms with E-state index in [2.05, 4.69) is 26.5 Å². The second-order valence-electron chi connectivity index (χ2n) is 4.69. The van der Waals surface area contributed by atoms with E-state index >= 15 is 0 Å². The summed E-state index contributed by atoms with van der Waals surface area (Å²) in [7, 11) is -3.47. The Morgan fingerprint density at radius 3 is 3.00 bits per heavy atom. The standard InChI is InChI=1S/C11H20N4O2S/c1-3-15-6-4-5-10(8-15)14-18(16,17)11-7-12-9(2)13-11/h7,10,14H,3-6,8H2,1-2H3,(H,12,13). The Balaban J connectivity index is 2.04. The number of aryl methyl sites for hydroxylation is 1. The van der Waals surface area contributed by atoms with E-state index in [1.165, 1.54) is 6.20 Å². The first-order valence-corrected chi connectivity index (χ1v) is 7.76. The number of sulfonamides is 1. The number of likely N-dealkylation sites (N-methyl/N-ethyl adjacent to an activating group) is 1. The average Bonchev–Trinajstić information content (AvgIpc) is 2.76. The molecule has 1 unspecified atom stereocenters. The Kier molecular flexibility index (Phi) is 4.04. The number of hydrogen-bond donors (Lipinski definition) is 2. The van der Waals surface area contributed by atoms with E-state index in [1.807, 2.05) is 0 Å². The molecular formula is C11H20N4O2S. The fourth-order valence-corrected chi connectivity index (χ4v) is 3.49. The molecule has 102 valence electrons. The minimum atomic E-state index is -3.47. The number of aromatic amines is 1. The number of rotatable bonds is 4. The molecule has 1 aliphatic rings. The number of aromatic nitrogens is 2. The summed E-state index contributed by atoms with van der Waals surface area (Å²) in [6.45, 7) is 6.62. The zero-order valence-electron chi connectivity index (χ0n) is 10.8. The highest BCUT2D eigenvalue weighted by Gasteiger charge is 2.25. The van der Waals surface area contributed by atoms with Crippen LogP contribution in [0.1, 0.15) is 25.6 Å². The van der Waals surface area contributed by atoms with Crippen LogP contribution in [0.5, 0.6) is 0 Å². The molecule has 2 heterocycles. The third-order valence-corrected chi connectivity index (χ3v) is 4.67. The lowest BCUT2D eigenvalue weighted by Gasteiger charge is -2.31. The normalized spacial score (nSPS) is 22.2. The molecule has 1 saturated heterocycles. The summed E-state index contributed by atoms with van der Waals surface area (Å²) < 4.78 is 27.0. The quantitative estimate of drug-likeness (QED) is 0.835. The van der Waals surface area contributed by atoms with Gasteiger partial charge in [0.25, 0.3) is 10.0 Å². The number of nitrogens with zero attached hydrogens (tertiary/aromatic N) is 2. The van der Waals surface area contributed by atoms with Gasteiger partial charge in [-0.05, 0) is 32.9 Å². The minimum absolute atomic E-state index is 0.00712. The highest BCUT2D eigenvalue weighted by Crippen LogP contribution is 2.13. The minimum Gasteiger partial charge on any atom is -0.332 e. The number of piperidine rings is 1. The molecule has 1 atom stereocenters. The van der Waals surface area contributed by atoms with Crippen molar-refractivity contribution < 1.29 is 8.42 Å². The van der Waals surface area contributed by atoms with Gasteiger partial charge in [-0.2, -0.15) is 0 Å². The van der Waals surface area contributed by atoms with Gasteiger partial charge in [0, 0.05) is 12.6 Å². The smallest absolute Gasteiger partial charge is 0.257 e. The van der Waals surface area contributed by atoms with Gasteiger partial charge in [0.05, 0.1) is 6.20 Å². The molecule has 6 nitrogen and oxygen atoms in total. The molecule has 0 aromatic carbocycles. The van der Waals surface area contributed by atoms with E-state index in [1.54, 1.807) is 6.92 Å². The van der Waals surface area contributed by atoms with E-state index in [9.17, 15) is 8.42 Å². The number of hydrogen-bond acceptors (Lipinski definition) is 4. The lowest BCUT2D eigenvalue weighted by atomic mass is 10.1. The van der Waals surface area contributed by atoms with Crippen LogP contribution in [0.15, 0.2) is 11.2 Å². The highest BCUT2D eigenvalue weighted by atomic mass is 32.2. The predicted molar refractivity (Wildman–Crippen MR) is 68.8 cm³/mol. The van der Waals surface area contributed by atoms with Crippen LogP contribution >= 0.6 is 0 Å². The second kappa shape index (κ2) is 5.38. The molecule has 2 rings (SSSR count). The van der Waals surface area contributed by atoms with Crippen molar-refractivity contribution in [3.05, 3.63) is 12.0 Å². The summed E-state index contributed by atoms with van der Waals surface area (Å²) in [5, 5.41) is 0.147. The van der Waals surface area contributed by atoms with Crippen molar-refractivity contribution in [3.63, 3.8) is 0 Å². The first kappa shape index (κ1) is 13.5. The highest BCUT2D eigenvalue weighted by molar-refractivity contribution is 7.89. The van der Waals surface area contributed by atoms with Crippen molar-refractivity contribution in [1.29, 1.82) is 0 Å². The van der Waals surface area contributed by atoms with E-state index < -0.39 is 10.0 Å². The van der Waals surface area contributed by atoms with Crippen LogP contribution in [-0.2, 0) is 10.0 Å². The molecule has 0 bridgehead atoms. The van der Waals surface area contributed by atoms with E-state index in [4.69, 9.17) is 0 Å². The van der Waals surface area contributed by atoms with Crippen molar-refractivity contribution >= 4 is 10.0 Å². The lowest BCUT2D eigenvalue weighted by molar-refractivity contribution is 0.211. The molecule has 1 aromatic rings. The van der Waals surface area contributed by atoms with Gasteiger partial charge in [0.1, 0.15) is 5.82 Å². The van der Waals surface area contributed by atoms with Gasteiger partial charge < -0.3 is 9.88 Å². The molecule has 0 aliphatic carbocycles. The van der Waals surface area contributed by atoms with Gasteiger partial charge in [-0.15, -0.1) is 0 Å². The third-order valence-electron chi connectivity index (χ3n) is 3.24. The number of H-pyrrole nitrogens is 1. The summed E-state index contributed by atoms with van der Waals surface area (Å²) in [5.41, 5.74) is 0. The lowest BCUT2D eigenvalue weighted by Crippen LogP contribution is -2.47. The number of imidazole rings is 1. The van der Waals surface area contributed by atoms with Gasteiger partial charge in [-0.1, -0.05) is 6.92 Å². The molecule has 0 spiro atoms. The van der Waals surface area contributed by atoms with Gasteiger partial charge in [-0.25, -0.2) is 18.1 Å². The van der Waals surface area contributed by atoms with Crippen LogP contribution in [0.3, 0.4) is 0 Å². The van der Waals surface area contributed by atoms with Crippen molar-refractivity contribution in [3.8, 4) is 0 Å². The summed E-state index contributed by atoms with van der Waals surface area (Å²) in [6, 6.07) is -0.00712. The monoisotopic (exact) mass is 272 g/mol. The fraction of sp³-hybridized carbons (Fsp3) is 0.727. The largest absolute Gasteiger partial charge is 0.332 e. The van der Waals surface area contributed by atoms with Gasteiger partial charge in [0.15, 0.2) is 5.03 Å². The summed E-state index contributed by atoms with van der Waals surface area (Å²) >= 11 is 0. The van der Waals surface area contributed by atoms with Crippen LogP contribution < -0.4 is 4.72 Å². The summed E-state index contributed by atoms with van der Waals surface area (Å²) in [5.74, 6) is 0.606. The molecular weight excluding hydrogens is 252 g/mol. The Hall–Kier alpha value is -0.920. The maximum Gasteiger partial charge on any atom is 0.257 e. The molecule has 1 aliphatic heterocycles. The predicted octanol–water partition coefficient (Wildman–Crippen LogP) is 0.481.